The maximum Gasteiger partial charge on any atom is 0.226 e. The number of nitrogens with zero attached hydrogens (tertiary/aromatic N) is 4. The predicted octanol–water partition coefficient (Wildman–Crippen LogP) is 5.76. The summed E-state index contributed by atoms with van der Waals surface area (Å²) in [6.07, 6.45) is 2.51. The van der Waals surface area contributed by atoms with Crippen molar-refractivity contribution in [2.45, 2.75) is 19.4 Å². The number of aromatic nitrogens is 3. The van der Waals surface area contributed by atoms with Gasteiger partial charge in [-0.3, -0.25) is 0 Å². The van der Waals surface area contributed by atoms with Crippen LogP contribution in [0.5, 0.6) is 0 Å². The van der Waals surface area contributed by atoms with Gasteiger partial charge in [0.2, 0.25) is 5.95 Å². The van der Waals surface area contributed by atoms with Gasteiger partial charge in [-0.05, 0) is 42.7 Å². The Kier molecular flexibility index (Phi) is 4.41. The fourth-order valence-electron chi connectivity index (χ4n) is 4.15. The zero-order valence-electron chi connectivity index (χ0n) is 16.2. The summed E-state index contributed by atoms with van der Waals surface area (Å²) < 4.78 is 14.1. The van der Waals surface area contributed by atoms with E-state index in [0.29, 0.717) is 18.2 Å². The normalized spacial score (nSPS) is 15.8. The minimum absolute atomic E-state index is 0.117. The van der Waals surface area contributed by atoms with Crippen LogP contribution in [0.2, 0.25) is 5.02 Å². The van der Waals surface area contributed by atoms with Gasteiger partial charge in [-0.15, -0.1) is 0 Å². The van der Waals surface area contributed by atoms with Crippen molar-refractivity contribution in [2.75, 3.05) is 11.4 Å². The van der Waals surface area contributed by atoms with Gasteiger partial charge >= 0.3 is 0 Å². The number of nitrogens with one attached hydrogen (secondary N) is 1. The summed E-state index contributed by atoms with van der Waals surface area (Å²) in [5.41, 5.74) is 5.29. The van der Waals surface area contributed by atoms with Crippen molar-refractivity contribution < 1.29 is 4.39 Å². The number of hydrogen-bond acceptors (Lipinski definition) is 3. The summed E-state index contributed by atoms with van der Waals surface area (Å²) in [5.74, 6) is 0.197. The highest BCUT2D eigenvalue weighted by Crippen LogP contribution is 2.41. The van der Waals surface area contributed by atoms with Gasteiger partial charge < -0.3 is 9.88 Å². The molecular weight excluding hydrogens is 401 g/mol. The number of aryl methyl sites for hydroxylation is 1. The average Bonchev–Trinajstić information content (AvgIpc) is 3.10. The molecule has 1 atom stereocenters. The fraction of sp³-hybridized carbons (Fsp3) is 0.174. The molecule has 0 bridgehead atoms. The third-order valence-electron chi connectivity index (χ3n) is 5.54. The summed E-state index contributed by atoms with van der Waals surface area (Å²) in [5, 5.41) is 1.05. The van der Waals surface area contributed by atoms with Crippen molar-refractivity contribution >= 4 is 34.1 Å². The molecule has 0 amide bonds. The van der Waals surface area contributed by atoms with Crippen LogP contribution in [0.15, 0.2) is 48.7 Å². The predicted molar refractivity (Wildman–Crippen MR) is 116 cm³/mol. The number of H-pyrrole nitrogens is 1. The number of anilines is 1. The van der Waals surface area contributed by atoms with E-state index in [1.54, 1.807) is 12.3 Å². The monoisotopic (exact) mass is 417 g/mol. The number of rotatable bonds is 2. The molecule has 2 aromatic heterocycles. The number of hydrogen-bond donors (Lipinski definition) is 1. The quantitative estimate of drug-likeness (QED) is 0.422. The first-order valence-corrected chi connectivity index (χ1v) is 9.96. The lowest BCUT2D eigenvalue weighted by atomic mass is 9.92. The molecule has 30 heavy (non-hydrogen) atoms. The fourth-order valence-corrected chi connectivity index (χ4v) is 4.32. The van der Waals surface area contributed by atoms with Crippen LogP contribution in [0.25, 0.3) is 15.7 Å². The van der Waals surface area contributed by atoms with Gasteiger partial charge in [-0.1, -0.05) is 35.9 Å². The molecule has 3 heterocycles. The maximum absolute atomic E-state index is 14.1. The molecule has 148 valence electrons. The zero-order valence-corrected chi connectivity index (χ0v) is 16.9. The topological polar surface area (TPSA) is 49.2 Å². The van der Waals surface area contributed by atoms with Crippen molar-refractivity contribution in [3.8, 4) is 0 Å². The molecule has 0 saturated carbocycles. The Hall–Kier alpha value is -3.43. The van der Waals surface area contributed by atoms with Gasteiger partial charge in [-0.25, -0.2) is 19.2 Å². The highest BCUT2D eigenvalue weighted by molar-refractivity contribution is 6.31. The molecule has 0 spiro atoms. The summed E-state index contributed by atoms with van der Waals surface area (Å²) >= 11 is 6.07. The molecule has 4 aromatic rings. The second-order valence-electron chi connectivity index (χ2n) is 7.38. The maximum atomic E-state index is 14.1. The highest BCUT2D eigenvalue weighted by atomic mass is 35.5. The molecular formula is C23H17ClFN5. The van der Waals surface area contributed by atoms with Crippen LogP contribution < -0.4 is 4.90 Å². The molecule has 2 aromatic carbocycles. The molecule has 0 radical (unpaired) electrons. The van der Waals surface area contributed by atoms with Crippen LogP contribution in [0.1, 0.15) is 28.6 Å². The highest BCUT2D eigenvalue weighted by Gasteiger charge is 2.33. The lowest BCUT2D eigenvalue weighted by molar-refractivity contribution is 0.625. The van der Waals surface area contributed by atoms with Gasteiger partial charge in [0.05, 0.1) is 17.6 Å². The van der Waals surface area contributed by atoms with Gasteiger partial charge in [0.15, 0.2) is 5.69 Å². The largest absolute Gasteiger partial charge is 0.356 e. The molecule has 7 heteroatoms. The Morgan fingerprint density at radius 2 is 2.03 bits per heavy atom. The Labute approximate surface area is 178 Å². The molecule has 0 saturated heterocycles. The molecule has 5 rings (SSSR count). The SMILES string of the molecule is [C-]#[N+]c1ccc(C2c3[nH]c4cc(F)c(Cl)cc4c3CCN2c2nccc(C)n2)cc1. The number of benzene rings is 2. The number of fused-ring (bicyclic) bond motifs is 3. The number of aromatic amines is 1. The first-order chi connectivity index (χ1) is 14.5. The van der Waals surface area contributed by atoms with E-state index in [-0.39, 0.29) is 11.1 Å². The van der Waals surface area contributed by atoms with E-state index in [1.807, 2.05) is 37.3 Å². The van der Waals surface area contributed by atoms with E-state index < -0.39 is 5.82 Å². The summed E-state index contributed by atoms with van der Waals surface area (Å²) in [7, 11) is 0. The van der Waals surface area contributed by atoms with E-state index in [1.165, 1.54) is 6.07 Å². The van der Waals surface area contributed by atoms with Crippen molar-refractivity contribution in [3.63, 3.8) is 0 Å². The molecule has 5 nitrogen and oxygen atoms in total. The summed E-state index contributed by atoms with van der Waals surface area (Å²) in [6.45, 7) is 9.87. The molecule has 1 aliphatic rings. The van der Waals surface area contributed by atoms with E-state index in [4.69, 9.17) is 18.2 Å². The van der Waals surface area contributed by atoms with Crippen LogP contribution >= 0.6 is 11.6 Å². The van der Waals surface area contributed by atoms with Gasteiger partial charge in [-0.2, -0.15) is 0 Å². The van der Waals surface area contributed by atoms with E-state index in [0.717, 1.165) is 39.8 Å². The Balaban J connectivity index is 1.72. The molecule has 1 N–H and O–H groups in total. The second-order valence-corrected chi connectivity index (χ2v) is 7.78. The van der Waals surface area contributed by atoms with Crippen molar-refractivity contribution in [1.29, 1.82) is 0 Å². The Morgan fingerprint density at radius 3 is 2.77 bits per heavy atom. The lowest BCUT2D eigenvalue weighted by Gasteiger charge is -2.36. The van der Waals surface area contributed by atoms with E-state index >= 15 is 0 Å². The molecule has 0 aliphatic carbocycles. The second kappa shape index (κ2) is 7.12. The molecule has 1 aliphatic heterocycles. The van der Waals surface area contributed by atoms with Gasteiger partial charge in [0, 0.05) is 35.0 Å². The summed E-state index contributed by atoms with van der Waals surface area (Å²) in [4.78, 5) is 18.2. The van der Waals surface area contributed by atoms with Crippen molar-refractivity contribution in [3.05, 3.63) is 93.4 Å². The van der Waals surface area contributed by atoms with Crippen LogP contribution in [-0.4, -0.2) is 21.5 Å². The van der Waals surface area contributed by atoms with Crippen molar-refractivity contribution in [2.24, 2.45) is 0 Å². The van der Waals surface area contributed by atoms with E-state index in [2.05, 4.69) is 24.7 Å². The van der Waals surface area contributed by atoms with Crippen molar-refractivity contribution in [1.82, 2.24) is 15.0 Å². The third kappa shape index (κ3) is 2.99. The van der Waals surface area contributed by atoms with Crippen LogP contribution in [-0.2, 0) is 6.42 Å². The Bertz CT molecular complexity index is 1310. The minimum Gasteiger partial charge on any atom is -0.356 e. The van der Waals surface area contributed by atoms with Crippen LogP contribution in [0.4, 0.5) is 16.0 Å². The number of halogens is 2. The smallest absolute Gasteiger partial charge is 0.226 e. The first-order valence-electron chi connectivity index (χ1n) is 9.58. The lowest BCUT2D eigenvalue weighted by Crippen LogP contribution is -2.37. The summed E-state index contributed by atoms with van der Waals surface area (Å²) in [6, 6.07) is 12.3. The molecule has 1 unspecified atom stereocenters. The third-order valence-corrected chi connectivity index (χ3v) is 5.83. The van der Waals surface area contributed by atoms with Gasteiger partial charge in [0.25, 0.3) is 0 Å². The molecule has 0 fully saturated rings. The zero-order chi connectivity index (χ0) is 20.8. The first kappa shape index (κ1) is 18.6. The standard InChI is InChI=1S/C23H17ClFN5/c1-13-7-9-27-23(28-13)30-10-8-16-17-11-18(24)19(25)12-20(17)29-21(16)22(30)14-3-5-15(26-2)6-4-14/h3-7,9,11-12,22,29H,8,10H2,1H3. The Morgan fingerprint density at radius 1 is 1.23 bits per heavy atom. The van der Waals surface area contributed by atoms with E-state index in [9.17, 15) is 4.39 Å². The van der Waals surface area contributed by atoms with Gasteiger partial charge in [0.1, 0.15) is 5.82 Å². The average molecular weight is 418 g/mol. The minimum atomic E-state index is -0.445. The van der Waals surface area contributed by atoms with Crippen LogP contribution in [0.3, 0.4) is 0 Å². The van der Waals surface area contributed by atoms with Crippen LogP contribution in [0, 0.1) is 19.3 Å².